The Balaban J connectivity index is 2.73. The maximum Gasteiger partial charge on any atom is 0.304 e. The minimum Gasteiger partial charge on any atom is -0.481 e. The lowest BCUT2D eigenvalue weighted by molar-refractivity contribution is -0.137. The van der Waals surface area contributed by atoms with Crippen molar-refractivity contribution in [1.29, 1.82) is 0 Å². The standard InChI is InChI=1S/C13H18FNO2/c1-3-12(15(2)8-7-13(16)17)10-5-4-6-11(14)9-10/h4-6,9,12H,3,7-8H2,1-2H3,(H,16,17). The predicted octanol–water partition coefficient (Wildman–Crippen LogP) is 2.68. The van der Waals surface area contributed by atoms with Gasteiger partial charge in [0, 0.05) is 12.6 Å². The Labute approximate surface area is 101 Å². The van der Waals surface area contributed by atoms with Crippen molar-refractivity contribution in [2.45, 2.75) is 25.8 Å². The fourth-order valence-corrected chi connectivity index (χ4v) is 1.94. The second kappa shape index (κ2) is 6.35. The zero-order chi connectivity index (χ0) is 12.8. The van der Waals surface area contributed by atoms with Gasteiger partial charge in [0.25, 0.3) is 0 Å². The molecular weight excluding hydrogens is 221 g/mol. The lowest BCUT2D eigenvalue weighted by Gasteiger charge is -2.27. The molecular formula is C13H18FNO2. The highest BCUT2D eigenvalue weighted by Crippen LogP contribution is 2.23. The van der Waals surface area contributed by atoms with Crippen molar-refractivity contribution in [3.63, 3.8) is 0 Å². The van der Waals surface area contributed by atoms with Gasteiger partial charge >= 0.3 is 5.97 Å². The highest BCUT2D eigenvalue weighted by atomic mass is 19.1. The first-order chi connectivity index (χ1) is 8.04. The number of aliphatic carboxylic acids is 1. The number of benzene rings is 1. The molecule has 0 saturated carbocycles. The van der Waals surface area contributed by atoms with Gasteiger partial charge in [-0.2, -0.15) is 0 Å². The molecule has 0 radical (unpaired) electrons. The second-order valence-corrected chi connectivity index (χ2v) is 4.10. The third kappa shape index (κ3) is 4.15. The van der Waals surface area contributed by atoms with Crippen molar-refractivity contribution in [3.8, 4) is 0 Å². The summed E-state index contributed by atoms with van der Waals surface area (Å²) >= 11 is 0. The zero-order valence-corrected chi connectivity index (χ0v) is 10.2. The molecule has 17 heavy (non-hydrogen) atoms. The van der Waals surface area contributed by atoms with Crippen molar-refractivity contribution >= 4 is 5.97 Å². The van der Waals surface area contributed by atoms with Crippen LogP contribution in [0.2, 0.25) is 0 Å². The highest BCUT2D eigenvalue weighted by molar-refractivity contribution is 5.66. The third-order valence-corrected chi connectivity index (χ3v) is 2.83. The van der Waals surface area contributed by atoms with Gasteiger partial charge in [-0.05, 0) is 31.2 Å². The Bertz CT molecular complexity index is 381. The van der Waals surface area contributed by atoms with Crippen LogP contribution in [0, 0.1) is 5.82 Å². The summed E-state index contributed by atoms with van der Waals surface area (Å²) in [4.78, 5) is 12.5. The van der Waals surface area contributed by atoms with E-state index in [1.807, 2.05) is 24.9 Å². The van der Waals surface area contributed by atoms with Gasteiger partial charge in [-0.3, -0.25) is 9.69 Å². The van der Waals surface area contributed by atoms with Gasteiger partial charge in [0.05, 0.1) is 6.42 Å². The van der Waals surface area contributed by atoms with Crippen LogP contribution in [0.5, 0.6) is 0 Å². The van der Waals surface area contributed by atoms with Crippen molar-refractivity contribution in [1.82, 2.24) is 4.90 Å². The lowest BCUT2D eigenvalue weighted by Crippen LogP contribution is -2.26. The van der Waals surface area contributed by atoms with Crippen LogP contribution in [0.4, 0.5) is 4.39 Å². The molecule has 0 heterocycles. The summed E-state index contributed by atoms with van der Waals surface area (Å²) in [6.07, 6.45) is 0.919. The van der Waals surface area contributed by atoms with E-state index >= 15 is 0 Å². The molecule has 1 N–H and O–H groups in total. The van der Waals surface area contributed by atoms with Gasteiger partial charge in [0.1, 0.15) is 5.82 Å². The number of hydrogen-bond donors (Lipinski definition) is 1. The van der Waals surface area contributed by atoms with Crippen LogP contribution in [0.3, 0.4) is 0 Å². The average molecular weight is 239 g/mol. The molecule has 0 amide bonds. The number of carboxylic acid groups (broad SMARTS) is 1. The van der Waals surface area contributed by atoms with E-state index in [1.54, 1.807) is 6.07 Å². The quantitative estimate of drug-likeness (QED) is 0.829. The van der Waals surface area contributed by atoms with Crippen molar-refractivity contribution < 1.29 is 14.3 Å². The number of hydrogen-bond acceptors (Lipinski definition) is 2. The number of halogens is 1. The molecule has 94 valence electrons. The molecule has 1 aromatic rings. The lowest BCUT2D eigenvalue weighted by atomic mass is 10.0. The fourth-order valence-electron chi connectivity index (χ4n) is 1.94. The molecule has 1 unspecified atom stereocenters. The van der Waals surface area contributed by atoms with E-state index in [-0.39, 0.29) is 18.3 Å². The summed E-state index contributed by atoms with van der Waals surface area (Å²) in [5.74, 6) is -1.07. The summed E-state index contributed by atoms with van der Waals surface area (Å²) < 4.78 is 13.1. The van der Waals surface area contributed by atoms with Gasteiger partial charge in [-0.1, -0.05) is 19.1 Å². The number of nitrogens with zero attached hydrogens (tertiary/aromatic N) is 1. The first kappa shape index (κ1) is 13.6. The number of rotatable bonds is 6. The molecule has 0 aliphatic heterocycles. The molecule has 0 saturated heterocycles. The van der Waals surface area contributed by atoms with E-state index in [4.69, 9.17) is 5.11 Å². The van der Waals surface area contributed by atoms with Crippen LogP contribution in [-0.4, -0.2) is 29.6 Å². The van der Waals surface area contributed by atoms with Crippen LogP contribution in [0.25, 0.3) is 0 Å². The minimum absolute atomic E-state index is 0.0602. The maximum atomic E-state index is 13.1. The van der Waals surface area contributed by atoms with E-state index in [0.29, 0.717) is 6.54 Å². The van der Waals surface area contributed by atoms with Crippen LogP contribution in [0.15, 0.2) is 24.3 Å². The van der Waals surface area contributed by atoms with Gasteiger partial charge < -0.3 is 5.11 Å². The summed E-state index contributed by atoms with van der Waals surface area (Å²) in [6, 6.07) is 6.52. The van der Waals surface area contributed by atoms with E-state index in [9.17, 15) is 9.18 Å². The van der Waals surface area contributed by atoms with Gasteiger partial charge in [0.15, 0.2) is 0 Å². The second-order valence-electron chi connectivity index (χ2n) is 4.10. The van der Waals surface area contributed by atoms with E-state index < -0.39 is 5.97 Å². The Hall–Kier alpha value is -1.42. The van der Waals surface area contributed by atoms with Crippen LogP contribution < -0.4 is 0 Å². The first-order valence-electron chi connectivity index (χ1n) is 5.72. The summed E-state index contributed by atoms with van der Waals surface area (Å²) in [6.45, 7) is 2.47. The molecule has 0 aromatic heterocycles. The molecule has 0 aliphatic rings. The normalized spacial score (nSPS) is 12.7. The van der Waals surface area contributed by atoms with Crippen LogP contribution >= 0.6 is 0 Å². The summed E-state index contributed by atoms with van der Waals surface area (Å²) in [5.41, 5.74) is 0.889. The minimum atomic E-state index is -0.814. The Kier molecular flexibility index (Phi) is 5.10. The zero-order valence-electron chi connectivity index (χ0n) is 10.2. The third-order valence-electron chi connectivity index (χ3n) is 2.83. The summed E-state index contributed by atoms with van der Waals surface area (Å²) in [7, 11) is 1.86. The number of carboxylic acids is 1. The predicted molar refractivity (Wildman–Crippen MR) is 64.3 cm³/mol. The maximum absolute atomic E-state index is 13.1. The first-order valence-corrected chi connectivity index (χ1v) is 5.72. The molecule has 0 fully saturated rings. The molecule has 0 bridgehead atoms. The van der Waals surface area contributed by atoms with Crippen molar-refractivity contribution in [2.24, 2.45) is 0 Å². The van der Waals surface area contributed by atoms with E-state index in [0.717, 1.165) is 12.0 Å². The topological polar surface area (TPSA) is 40.5 Å². The fraction of sp³-hybridized carbons (Fsp3) is 0.462. The molecule has 0 spiro atoms. The average Bonchev–Trinajstić information content (AvgIpc) is 2.27. The SMILES string of the molecule is CCC(c1cccc(F)c1)N(C)CCC(=O)O. The van der Waals surface area contributed by atoms with Gasteiger partial charge in [-0.25, -0.2) is 4.39 Å². The summed E-state index contributed by atoms with van der Waals surface area (Å²) in [5, 5.41) is 8.64. The molecule has 0 aliphatic carbocycles. The molecule has 1 rings (SSSR count). The van der Waals surface area contributed by atoms with Crippen molar-refractivity contribution in [2.75, 3.05) is 13.6 Å². The van der Waals surface area contributed by atoms with E-state index in [2.05, 4.69) is 0 Å². The van der Waals surface area contributed by atoms with E-state index in [1.165, 1.54) is 12.1 Å². The highest BCUT2D eigenvalue weighted by Gasteiger charge is 2.16. The molecule has 1 aromatic carbocycles. The Morgan fingerprint density at radius 1 is 1.53 bits per heavy atom. The molecule has 4 heteroatoms. The van der Waals surface area contributed by atoms with Gasteiger partial charge in [0.2, 0.25) is 0 Å². The van der Waals surface area contributed by atoms with Gasteiger partial charge in [-0.15, -0.1) is 0 Å². The number of carbonyl (C=O) groups is 1. The van der Waals surface area contributed by atoms with Crippen LogP contribution in [-0.2, 0) is 4.79 Å². The molecule has 1 atom stereocenters. The Morgan fingerprint density at radius 2 is 2.24 bits per heavy atom. The Morgan fingerprint density at radius 3 is 2.76 bits per heavy atom. The molecule has 3 nitrogen and oxygen atoms in total. The largest absolute Gasteiger partial charge is 0.481 e. The van der Waals surface area contributed by atoms with Crippen LogP contribution in [0.1, 0.15) is 31.4 Å². The monoisotopic (exact) mass is 239 g/mol. The smallest absolute Gasteiger partial charge is 0.304 e. The van der Waals surface area contributed by atoms with Crippen molar-refractivity contribution in [3.05, 3.63) is 35.6 Å².